The van der Waals surface area contributed by atoms with Crippen LogP contribution in [0.15, 0.2) is 15.6 Å². The maximum absolute atomic E-state index is 12.5. The fourth-order valence-corrected chi connectivity index (χ4v) is 3.63. The van der Waals surface area contributed by atoms with Gasteiger partial charge in [0.15, 0.2) is 0 Å². The number of rotatable bonds is 5. The predicted molar refractivity (Wildman–Crippen MR) is 85.2 cm³/mol. The maximum Gasteiger partial charge on any atom is 0.329 e. The first-order valence-corrected chi connectivity index (χ1v) is 9.30. The first-order chi connectivity index (χ1) is 11.2. The van der Waals surface area contributed by atoms with E-state index in [1.54, 1.807) is 0 Å². The highest BCUT2D eigenvalue weighted by molar-refractivity contribution is 7.89. The van der Waals surface area contributed by atoms with Crippen LogP contribution in [0.25, 0.3) is 0 Å². The van der Waals surface area contributed by atoms with Gasteiger partial charge in [0, 0.05) is 6.07 Å². The summed E-state index contributed by atoms with van der Waals surface area (Å²) in [5.74, 6) is -1.59. The van der Waals surface area contributed by atoms with E-state index in [1.165, 1.54) is 14.0 Å². The molecule has 2 rings (SSSR count). The molecule has 1 aromatic rings. The second-order valence-corrected chi connectivity index (χ2v) is 7.82. The average molecular weight is 358 g/mol. The van der Waals surface area contributed by atoms with Crippen molar-refractivity contribution in [1.29, 1.82) is 0 Å². The van der Waals surface area contributed by atoms with Crippen molar-refractivity contribution < 1.29 is 27.5 Å². The molecule has 8 nitrogen and oxygen atoms in total. The Bertz CT molecular complexity index is 729. The highest BCUT2D eigenvalue weighted by atomic mass is 32.2. The van der Waals surface area contributed by atoms with Crippen LogP contribution in [0.2, 0.25) is 0 Å². The first kappa shape index (κ1) is 18.5. The summed E-state index contributed by atoms with van der Waals surface area (Å²) in [5.41, 5.74) is -1.30. The Hall–Kier alpha value is -1.87. The molecule has 1 aliphatic rings. The van der Waals surface area contributed by atoms with Gasteiger partial charge in [-0.2, -0.15) is 0 Å². The molecule has 1 fully saturated rings. The van der Waals surface area contributed by atoms with Gasteiger partial charge in [-0.1, -0.05) is 25.7 Å². The monoisotopic (exact) mass is 358 g/mol. The number of aryl methyl sites for hydroxylation is 1. The molecule has 1 amide bonds. The third kappa shape index (κ3) is 3.62. The number of aliphatic carboxylic acids is 1. The second-order valence-electron chi connectivity index (χ2n) is 6.00. The van der Waals surface area contributed by atoms with Gasteiger partial charge in [0.2, 0.25) is 5.09 Å². The molecule has 3 N–H and O–H groups in total. The van der Waals surface area contributed by atoms with Crippen molar-refractivity contribution in [3.63, 3.8) is 0 Å². The lowest BCUT2D eigenvalue weighted by Gasteiger charge is -2.29. The van der Waals surface area contributed by atoms with Crippen LogP contribution in [0.5, 0.6) is 0 Å². The molecule has 0 radical (unpaired) electrons. The number of carboxylic acids is 1. The summed E-state index contributed by atoms with van der Waals surface area (Å²) in [6.45, 7) is 1.46. The van der Waals surface area contributed by atoms with Gasteiger partial charge in [-0.25, -0.2) is 17.9 Å². The Morgan fingerprint density at radius 2 is 1.79 bits per heavy atom. The van der Waals surface area contributed by atoms with Crippen LogP contribution >= 0.6 is 0 Å². The van der Waals surface area contributed by atoms with E-state index in [0.29, 0.717) is 12.8 Å². The maximum atomic E-state index is 12.5. The van der Waals surface area contributed by atoms with Crippen molar-refractivity contribution in [2.75, 3.05) is 7.05 Å². The lowest BCUT2D eigenvalue weighted by molar-refractivity contribution is -0.145. The van der Waals surface area contributed by atoms with Crippen LogP contribution in [0.4, 0.5) is 0 Å². The van der Waals surface area contributed by atoms with Crippen LogP contribution < -0.4 is 10.0 Å². The zero-order valence-corrected chi connectivity index (χ0v) is 14.5. The fourth-order valence-electron chi connectivity index (χ4n) is 2.92. The van der Waals surface area contributed by atoms with Crippen LogP contribution in [-0.2, 0) is 14.8 Å². The minimum atomic E-state index is -3.82. The summed E-state index contributed by atoms with van der Waals surface area (Å²) in [6.07, 6.45) is 4.01. The van der Waals surface area contributed by atoms with E-state index in [1.807, 2.05) is 0 Å². The number of amides is 1. The normalized spacial score (nSPS) is 17.9. The Balaban J connectivity index is 2.29. The highest BCUT2D eigenvalue weighted by Gasteiger charge is 2.40. The van der Waals surface area contributed by atoms with Gasteiger partial charge >= 0.3 is 5.97 Å². The molecule has 0 unspecified atom stereocenters. The van der Waals surface area contributed by atoms with E-state index in [9.17, 15) is 23.1 Å². The first-order valence-electron chi connectivity index (χ1n) is 7.82. The molecular formula is C15H22N2O6S. The lowest BCUT2D eigenvalue weighted by Crippen LogP contribution is -2.54. The molecule has 1 heterocycles. The van der Waals surface area contributed by atoms with E-state index in [2.05, 4.69) is 10.0 Å². The van der Waals surface area contributed by atoms with Crippen LogP contribution in [0, 0.1) is 6.92 Å². The second kappa shape index (κ2) is 6.94. The number of carboxylic acid groups (broad SMARTS) is 1. The molecule has 0 saturated heterocycles. The molecule has 1 saturated carbocycles. The van der Waals surface area contributed by atoms with Crippen molar-refractivity contribution in [3.8, 4) is 0 Å². The number of sulfonamides is 1. The third-order valence-electron chi connectivity index (χ3n) is 4.39. The van der Waals surface area contributed by atoms with E-state index in [-0.39, 0.29) is 16.4 Å². The third-order valence-corrected chi connectivity index (χ3v) is 5.66. The van der Waals surface area contributed by atoms with Gasteiger partial charge < -0.3 is 14.8 Å². The molecule has 24 heavy (non-hydrogen) atoms. The van der Waals surface area contributed by atoms with Crippen LogP contribution in [-0.4, -0.2) is 38.0 Å². The molecule has 1 aliphatic carbocycles. The molecule has 9 heteroatoms. The van der Waals surface area contributed by atoms with Gasteiger partial charge in [0.05, 0.1) is 5.56 Å². The summed E-state index contributed by atoms with van der Waals surface area (Å²) >= 11 is 0. The van der Waals surface area contributed by atoms with Gasteiger partial charge in [0.25, 0.3) is 15.9 Å². The fraction of sp³-hybridized carbons (Fsp3) is 0.600. The summed E-state index contributed by atoms with van der Waals surface area (Å²) in [5, 5.41) is 11.8. The number of carbonyl (C=O) groups is 2. The summed E-state index contributed by atoms with van der Waals surface area (Å²) in [4.78, 5) is 24.3. The van der Waals surface area contributed by atoms with Gasteiger partial charge in [0.1, 0.15) is 11.3 Å². The molecule has 0 bridgehead atoms. The van der Waals surface area contributed by atoms with Crippen LogP contribution in [0.3, 0.4) is 0 Å². The topological polar surface area (TPSA) is 126 Å². The molecular weight excluding hydrogens is 336 g/mol. The Kier molecular flexibility index (Phi) is 5.34. The molecule has 1 aromatic heterocycles. The van der Waals surface area contributed by atoms with Gasteiger partial charge in [-0.15, -0.1) is 0 Å². The van der Waals surface area contributed by atoms with E-state index in [0.717, 1.165) is 31.7 Å². The van der Waals surface area contributed by atoms with Crippen molar-refractivity contribution in [3.05, 3.63) is 17.4 Å². The molecule has 0 aromatic carbocycles. The predicted octanol–water partition coefficient (Wildman–Crippen LogP) is 1.40. The number of furan rings is 1. The smallest absolute Gasteiger partial charge is 0.329 e. The van der Waals surface area contributed by atoms with Gasteiger partial charge in [-0.05, 0) is 26.8 Å². The SMILES string of the molecule is CNS(=O)(=O)c1cc(C(=O)NC2(C(=O)O)CCCCCC2)c(C)o1. The number of nitrogens with one attached hydrogen (secondary N) is 2. The van der Waals surface area contributed by atoms with Crippen molar-refractivity contribution in [2.24, 2.45) is 0 Å². The average Bonchev–Trinajstić information content (AvgIpc) is 2.77. The molecule has 0 atom stereocenters. The zero-order chi connectivity index (χ0) is 18.0. The van der Waals surface area contributed by atoms with Crippen molar-refractivity contribution in [1.82, 2.24) is 10.0 Å². The van der Waals surface area contributed by atoms with Crippen molar-refractivity contribution in [2.45, 2.75) is 56.1 Å². The van der Waals surface area contributed by atoms with Crippen LogP contribution in [0.1, 0.15) is 54.6 Å². The minimum absolute atomic E-state index is 0.0219. The summed E-state index contributed by atoms with van der Waals surface area (Å²) in [7, 11) is -2.58. The largest absolute Gasteiger partial charge is 0.480 e. The quantitative estimate of drug-likeness (QED) is 0.683. The zero-order valence-electron chi connectivity index (χ0n) is 13.7. The standard InChI is InChI=1S/C15H22N2O6S/c1-10-11(9-12(23-10)24(21,22)16-2)13(18)17-15(14(19)20)7-5-3-4-6-8-15/h9,16H,3-8H2,1-2H3,(H,17,18)(H,19,20). The number of hydrogen-bond acceptors (Lipinski definition) is 5. The van der Waals surface area contributed by atoms with E-state index in [4.69, 9.17) is 4.42 Å². The summed E-state index contributed by atoms with van der Waals surface area (Å²) < 4.78 is 30.8. The molecule has 0 spiro atoms. The molecule has 0 aliphatic heterocycles. The van der Waals surface area contributed by atoms with E-state index < -0.39 is 27.4 Å². The highest BCUT2D eigenvalue weighted by Crippen LogP contribution is 2.28. The Morgan fingerprint density at radius 1 is 1.21 bits per heavy atom. The number of carbonyl (C=O) groups excluding carboxylic acids is 1. The Labute approximate surface area is 140 Å². The lowest BCUT2D eigenvalue weighted by atomic mass is 9.90. The minimum Gasteiger partial charge on any atom is -0.480 e. The van der Waals surface area contributed by atoms with Crippen molar-refractivity contribution >= 4 is 21.9 Å². The Morgan fingerprint density at radius 3 is 2.29 bits per heavy atom. The summed E-state index contributed by atoms with van der Waals surface area (Å²) in [6, 6.07) is 1.11. The molecule has 134 valence electrons. The number of hydrogen-bond donors (Lipinski definition) is 3. The van der Waals surface area contributed by atoms with Gasteiger partial charge in [-0.3, -0.25) is 4.79 Å². The van der Waals surface area contributed by atoms with E-state index >= 15 is 0 Å².